The number of hydrogen-bond acceptors (Lipinski definition) is 6. The van der Waals surface area contributed by atoms with Crippen LogP contribution in [0.5, 0.6) is 0 Å². The number of aromatic nitrogens is 4. The van der Waals surface area contributed by atoms with E-state index in [1.54, 1.807) is 0 Å². The normalized spacial score (nSPS) is 21.4. The molecule has 4 heterocycles. The fourth-order valence-corrected chi connectivity index (χ4v) is 5.85. The highest BCUT2D eigenvalue weighted by Crippen LogP contribution is 2.33. The first-order valence-corrected chi connectivity index (χ1v) is 12.9. The maximum atomic E-state index is 13.0. The molecule has 0 saturated carbocycles. The molecule has 0 bridgehead atoms. The Balaban J connectivity index is 1.06. The van der Waals surface area contributed by atoms with E-state index in [0.29, 0.717) is 18.5 Å². The van der Waals surface area contributed by atoms with Crippen molar-refractivity contribution in [3.05, 3.63) is 76.6 Å². The first-order chi connectivity index (χ1) is 17.2. The van der Waals surface area contributed by atoms with Crippen LogP contribution in [-0.4, -0.2) is 68.1 Å². The van der Waals surface area contributed by atoms with Crippen molar-refractivity contribution in [3.8, 4) is 0 Å². The summed E-state index contributed by atoms with van der Waals surface area (Å²) in [5.74, 6) is 1.67. The van der Waals surface area contributed by atoms with Gasteiger partial charge in [0.05, 0.1) is 13.1 Å². The number of hydrogen-bond donors (Lipinski definition) is 1. The van der Waals surface area contributed by atoms with Gasteiger partial charge in [-0.2, -0.15) is 0 Å². The molecule has 3 aliphatic heterocycles. The average Bonchev–Trinajstić information content (AvgIpc) is 3.48. The van der Waals surface area contributed by atoms with Crippen LogP contribution in [0.4, 0.5) is 0 Å². The van der Waals surface area contributed by atoms with E-state index in [0.717, 1.165) is 76.3 Å². The molecular weight excluding hydrogens is 438 g/mol. The van der Waals surface area contributed by atoms with Crippen molar-refractivity contribution in [2.75, 3.05) is 26.2 Å². The van der Waals surface area contributed by atoms with Crippen molar-refractivity contribution in [2.24, 2.45) is 0 Å². The topological polar surface area (TPSA) is 79.2 Å². The Morgan fingerprint density at radius 1 is 1.00 bits per heavy atom. The van der Waals surface area contributed by atoms with E-state index in [9.17, 15) is 4.79 Å². The van der Waals surface area contributed by atoms with Gasteiger partial charge in [-0.3, -0.25) is 9.69 Å². The Kier molecular flexibility index (Phi) is 6.31. The van der Waals surface area contributed by atoms with Crippen LogP contribution < -0.4 is 5.32 Å². The lowest BCUT2D eigenvalue weighted by Crippen LogP contribution is -2.46. The second-order valence-corrected chi connectivity index (χ2v) is 10.1. The number of rotatable bonds is 6. The summed E-state index contributed by atoms with van der Waals surface area (Å²) in [6, 6.07) is 17.2. The van der Waals surface area contributed by atoms with E-state index in [1.807, 2.05) is 22.9 Å². The molecule has 2 aromatic carbocycles. The summed E-state index contributed by atoms with van der Waals surface area (Å²) in [5, 5.41) is 15.9. The number of nitrogens with one attached hydrogen (secondary N) is 1. The molecule has 1 unspecified atom stereocenters. The first-order valence-electron chi connectivity index (χ1n) is 12.9. The van der Waals surface area contributed by atoms with Crippen LogP contribution in [0.15, 0.2) is 48.5 Å². The van der Waals surface area contributed by atoms with Gasteiger partial charge in [-0.1, -0.05) is 42.5 Å². The standard InChI is InChI=1S/C27H33N7O/c35-27-25-9-8-22(15-23(25)18-33(27)24-7-4-12-28-16-24)21-10-13-32(14-11-21)19-26-29-30-31-34(26)17-20-5-2-1-3-6-20/h1-3,5-6,8-9,15,21,24,28H,4,7,10-14,16-19H2. The molecule has 3 aromatic rings. The van der Waals surface area contributed by atoms with Crippen molar-refractivity contribution >= 4 is 5.91 Å². The zero-order valence-electron chi connectivity index (χ0n) is 20.1. The van der Waals surface area contributed by atoms with Gasteiger partial charge in [0.2, 0.25) is 0 Å². The quantitative estimate of drug-likeness (QED) is 0.596. The third-order valence-electron chi connectivity index (χ3n) is 7.88. The molecule has 35 heavy (non-hydrogen) atoms. The minimum atomic E-state index is 0.211. The number of carbonyl (C=O) groups excluding carboxylic acids is 1. The van der Waals surface area contributed by atoms with Crippen LogP contribution in [-0.2, 0) is 19.6 Å². The average molecular weight is 472 g/mol. The monoisotopic (exact) mass is 471 g/mol. The summed E-state index contributed by atoms with van der Waals surface area (Å²) in [6.45, 7) is 6.27. The predicted octanol–water partition coefficient (Wildman–Crippen LogP) is 2.81. The maximum absolute atomic E-state index is 13.0. The van der Waals surface area contributed by atoms with Crippen LogP contribution in [0.1, 0.15) is 64.5 Å². The van der Waals surface area contributed by atoms with Gasteiger partial charge in [0.1, 0.15) is 0 Å². The van der Waals surface area contributed by atoms with Crippen molar-refractivity contribution in [2.45, 2.75) is 57.3 Å². The molecule has 6 rings (SSSR count). The van der Waals surface area contributed by atoms with Crippen LogP contribution in [0.25, 0.3) is 0 Å². The smallest absolute Gasteiger partial charge is 0.254 e. The van der Waals surface area contributed by atoms with Gasteiger partial charge >= 0.3 is 0 Å². The zero-order valence-corrected chi connectivity index (χ0v) is 20.1. The van der Waals surface area contributed by atoms with Gasteiger partial charge in [0.15, 0.2) is 5.82 Å². The highest BCUT2D eigenvalue weighted by Gasteiger charge is 2.34. The van der Waals surface area contributed by atoms with E-state index in [2.05, 4.69) is 61.0 Å². The Morgan fingerprint density at radius 2 is 1.86 bits per heavy atom. The van der Waals surface area contributed by atoms with E-state index < -0.39 is 0 Å². The zero-order chi connectivity index (χ0) is 23.6. The molecule has 2 fully saturated rings. The fourth-order valence-electron chi connectivity index (χ4n) is 5.85. The summed E-state index contributed by atoms with van der Waals surface area (Å²) >= 11 is 0. The number of piperidine rings is 2. The van der Waals surface area contributed by atoms with Crippen LogP contribution >= 0.6 is 0 Å². The molecule has 1 atom stereocenters. The molecule has 182 valence electrons. The van der Waals surface area contributed by atoms with Crippen LogP contribution in [0, 0.1) is 0 Å². The number of amides is 1. The second-order valence-electron chi connectivity index (χ2n) is 10.1. The minimum absolute atomic E-state index is 0.211. The number of carbonyl (C=O) groups is 1. The second kappa shape index (κ2) is 9.87. The van der Waals surface area contributed by atoms with E-state index in [4.69, 9.17) is 0 Å². The Hall–Kier alpha value is -3.10. The molecule has 1 N–H and O–H groups in total. The Bertz CT molecular complexity index is 1160. The summed E-state index contributed by atoms with van der Waals surface area (Å²) in [6.07, 6.45) is 4.48. The predicted molar refractivity (Wildman–Crippen MR) is 133 cm³/mol. The summed E-state index contributed by atoms with van der Waals surface area (Å²) < 4.78 is 1.91. The van der Waals surface area contributed by atoms with Crippen molar-refractivity contribution in [1.29, 1.82) is 0 Å². The molecule has 1 aromatic heterocycles. The van der Waals surface area contributed by atoms with Gasteiger partial charge in [0.25, 0.3) is 5.91 Å². The number of tetrazole rings is 1. The molecule has 0 aliphatic carbocycles. The molecule has 2 saturated heterocycles. The third-order valence-corrected chi connectivity index (χ3v) is 7.88. The first kappa shape index (κ1) is 22.4. The maximum Gasteiger partial charge on any atom is 0.254 e. The lowest BCUT2D eigenvalue weighted by atomic mass is 9.88. The highest BCUT2D eigenvalue weighted by atomic mass is 16.2. The van der Waals surface area contributed by atoms with Gasteiger partial charge in [-0.15, -0.1) is 5.10 Å². The highest BCUT2D eigenvalue weighted by molar-refractivity contribution is 5.98. The lowest BCUT2D eigenvalue weighted by Gasteiger charge is -2.32. The molecular formula is C27H33N7O. The lowest BCUT2D eigenvalue weighted by molar-refractivity contribution is 0.0674. The third kappa shape index (κ3) is 4.73. The SMILES string of the molecule is O=C1c2ccc(C3CCN(Cc4nnnn4Cc4ccccc4)CC3)cc2CN1C1CCCNC1. The summed E-state index contributed by atoms with van der Waals surface area (Å²) in [5.41, 5.74) is 4.70. The summed E-state index contributed by atoms with van der Waals surface area (Å²) in [7, 11) is 0. The minimum Gasteiger partial charge on any atom is -0.330 e. The molecule has 8 heteroatoms. The number of fused-ring (bicyclic) bond motifs is 1. The van der Waals surface area contributed by atoms with Gasteiger partial charge in [0, 0.05) is 24.7 Å². The van der Waals surface area contributed by atoms with E-state index in [1.165, 1.54) is 16.7 Å². The fraction of sp³-hybridized carbons (Fsp3) is 0.481. The van der Waals surface area contributed by atoms with Crippen LogP contribution in [0.3, 0.4) is 0 Å². The molecule has 8 nitrogen and oxygen atoms in total. The molecule has 0 spiro atoms. The Morgan fingerprint density at radius 3 is 2.66 bits per heavy atom. The number of benzene rings is 2. The molecule has 0 radical (unpaired) electrons. The van der Waals surface area contributed by atoms with Gasteiger partial charge in [-0.05, 0) is 84.4 Å². The van der Waals surface area contributed by atoms with Crippen molar-refractivity contribution < 1.29 is 4.79 Å². The van der Waals surface area contributed by atoms with Crippen molar-refractivity contribution in [1.82, 2.24) is 35.3 Å². The molecule has 1 amide bonds. The molecule has 3 aliphatic rings. The van der Waals surface area contributed by atoms with Crippen molar-refractivity contribution in [3.63, 3.8) is 0 Å². The van der Waals surface area contributed by atoms with Gasteiger partial charge in [-0.25, -0.2) is 4.68 Å². The van der Waals surface area contributed by atoms with Crippen LogP contribution in [0.2, 0.25) is 0 Å². The number of likely N-dealkylation sites (tertiary alicyclic amines) is 1. The van der Waals surface area contributed by atoms with E-state index in [-0.39, 0.29) is 5.91 Å². The summed E-state index contributed by atoms with van der Waals surface area (Å²) in [4.78, 5) is 17.5. The van der Waals surface area contributed by atoms with E-state index >= 15 is 0 Å². The van der Waals surface area contributed by atoms with Gasteiger partial charge < -0.3 is 10.2 Å². The Labute approximate surface area is 206 Å². The largest absolute Gasteiger partial charge is 0.330 e. The number of nitrogens with zero attached hydrogens (tertiary/aromatic N) is 6.